The summed E-state index contributed by atoms with van der Waals surface area (Å²) in [5.74, 6) is 0.718. The maximum absolute atomic E-state index is 11.6. The molecule has 2 saturated heterocycles. The number of likely N-dealkylation sites (tertiary alicyclic amines) is 1. The minimum atomic E-state index is 0.0922. The van der Waals surface area contributed by atoms with Crippen LogP contribution in [0.3, 0.4) is 0 Å². The van der Waals surface area contributed by atoms with Crippen molar-refractivity contribution < 1.29 is 9.53 Å². The fourth-order valence-corrected chi connectivity index (χ4v) is 2.35. The van der Waals surface area contributed by atoms with E-state index in [2.05, 4.69) is 0 Å². The quantitative estimate of drug-likeness (QED) is 0.735. The van der Waals surface area contributed by atoms with E-state index in [1.54, 1.807) is 0 Å². The van der Waals surface area contributed by atoms with Gasteiger partial charge in [-0.05, 0) is 19.3 Å². The van der Waals surface area contributed by atoms with Crippen LogP contribution in [0.2, 0.25) is 0 Å². The molecule has 2 aliphatic rings. The Balaban J connectivity index is 1.81. The maximum Gasteiger partial charge on any atom is 0.222 e. The summed E-state index contributed by atoms with van der Waals surface area (Å²) in [6.07, 6.45) is 3.91. The number of nitrogens with zero attached hydrogens (tertiary/aromatic N) is 1. The Labute approximate surface area is 90.8 Å². The van der Waals surface area contributed by atoms with Gasteiger partial charge < -0.3 is 15.4 Å². The van der Waals surface area contributed by atoms with Gasteiger partial charge in [-0.15, -0.1) is 0 Å². The van der Waals surface area contributed by atoms with E-state index in [0.717, 1.165) is 39.0 Å². The smallest absolute Gasteiger partial charge is 0.222 e. The van der Waals surface area contributed by atoms with Crippen molar-refractivity contribution in [3.05, 3.63) is 0 Å². The SMILES string of the molecule is NC(CN1CCCCC1=O)C1CCOC1. The first-order valence-electron chi connectivity index (χ1n) is 5.88. The van der Waals surface area contributed by atoms with Crippen molar-refractivity contribution in [1.29, 1.82) is 0 Å². The zero-order chi connectivity index (χ0) is 10.7. The monoisotopic (exact) mass is 212 g/mol. The van der Waals surface area contributed by atoms with E-state index in [1.165, 1.54) is 0 Å². The lowest BCUT2D eigenvalue weighted by molar-refractivity contribution is -0.133. The minimum Gasteiger partial charge on any atom is -0.381 e. The Morgan fingerprint density at radius 1 is 1.53 bits per heavy atom. The topological polar surface area (TPSA) is 55.6 Å². The molecule has 4 nitrogen and oxygen atoms in total. The molecule has 2 atom stereocenters. The Bertz CT molecular complexity index is 227. The summed E-state index contributed by atoms with van der Waals surface area (Å²) in [7, 11) is 0. The molecule has 2 N–H and O–H groups in total. The lowest BCUT2D eigenvalue weighted by atomic mass is 9.98. The van der Waals surface area contributed by atoms with E-state index in [4.69, 9.17) is 10.5 Å². The Morgan fingerprint density at radius 3 is 3.07 bits per heavy atom. The maximum atomic E-state index is 11.6. The molecule has 2 heterocycles. The predicted molar refractivity (Wildman–Crippen MR) is 57.3 cm³/mol. The van der Waals surface area contributed by atoms with E-state index >= 15 is 0 Å². The lowest BCUT2D eigenvalue weighted by Crippen LogP contribution is -2.46. The molecule has 15 heavy (non-hydrogen) atoms. The molecule has 1 amide bonds. The van der Waals surface area contributed by atoms with E-state index in [1.807, 2.05) is 4.90 Å². The second kappa shape index (κ2) is 4.94. The largest absolute Gasteiger partial charge is 0.381 e. The highest BCUT2D eigenvalue weighted by atomic mass is 16.5. The van der Waals surface area contributed by atoms with Crippen LogP contribution >= 0.6 is 0 Å². The van der Waals surface area contributed by atoms with Gasteiger partial charge in [-0.25, -0.2) is 0 Å². The second-order valence-electron chi connectivity index (χ2n) is 4.58. The summed E-state index contributed by atoms with van der Waals surface area (Å²) in [5, 5.41) is 0. The van der Waals surface area contributed by atoms with E-state index < -0.39 is 0 Å². The molecule has 0 aliphatic carbocycles. The van der Waals surface area contributed by atoms with Crippen molar-refractivity contribution in [3.8, 4) is 0 Å². The zero-order valence-corrected chi connectivity index (χ0v) is 9.15. The number of carbonyl (C=O) groups is 1. The molecule has 0 radical (unpaired) electrons. The normalized spacial score (nSPS) is 29.5. The highest BCUT2D eigenvalue weighted by molar-refractivity contribution is 5.76. The molecule has 86 valence electrons. The fraction of sp³-hybridized carbons (Fsp3) is 0.909. The van der Waals surface area contributed by atoms with Crippen LogP contribution in [0.25, 0.3) is 0 Å². The van der Waals surface area contributed by atoms with Gasteiger partial charge >= 0.3 is 0 Å². The first kappa shape index (κ1) is 10.9. The molecule has 0 aromatic rings. The first-order chi connectivity index (χ1) is 7.27. The average molecular weight is 212 g/mol. The number of piperidine rings is 1. The van der Waals surface area contributed by atoms with Gasteiger partial charge in [0.1, 0.15) is 0 Å². The molecule has 0 bridgehead atoms. The third kappa shape index (κ3) is 2.69. The summed E-state index contributed by atoms with van der Waals surface area (Å²) in [6.45, 7) is 3.20. The number of carbonyl (C=O) groups excluding carboxylic acids is 1. The molecule has 0 aromatic heterocycles. The third-order valence-electron chi connectivity index (χ3n) is 3.42. The summed E-state index contributed by atoms with van der Waals surface area (Å²) < 4.78 is 5.31. The molecule has 0 aromatic carbocycles. The van der Waals surface area contributed by atoms with Crippen LogP contribution < -0.4 is 5.73 Å². The first-order valence-corrected chi connectivity index (χ1v) is 5.88. The molecule has 2 fully saturated rings. The van der Waals surface area contributed by atoms with Crippen molar-refractivity contribution >= 4 is 5.91 Å². The molecule has 2 rings (SSSR count). The Hall–Kier alpha value is -0.610. The fourth-order valence-electron chi connectivity index (χ4n) is 2.35. The van der Waals surface area contributed by atoms with Gasteiger partial charge in [0.05, 0.1) is 6.61 Å². The molecular weight excluding hydrogens is 192 g/mol. The standard InChI is InChI=1S/C11H20N2O2/c12-10(9-4-6-15-8-9)7-13-5-2-1-3-11(13)14/h9-10H,1-8,12H2. The van der Waals surface area contributed by atoms with Gasteiger partial charge in [0.15, 0.2) is 0 Å². The molecule has 0 saturated carbocycles. The van der Waals surface area contributed by atoms with Crippen LogP contribution in [0.15, 0.2) is 0 Å². The predicted octanol–water partition coefficient (Wildman–Crippen LogP) is 0.363. The van der Waals surface area contributed by atoms with Crippen LogP contribution in [0.5, 0.6) is 0 Å². The third-order valence-corrected chi connectivity index (χ3v) is 3.42. The summed E-state index contributed by atoms with van der Waals surface area (Å²) in [4.78, 5) is 13.5. The molecule has 4 heteroatoms. The Kier molecular flexibility index (Phi) is 3.59. The second-order valence-corrected chi connectivity index (χ2v) is 4.58. The van der Waals surface area contributed by atoms with Gasteiger partial charge in [0.25, 0.3) is 0 Å². The lowest BCUT2D eigenvalue weighted by Gasteiger charge is -2.30. The number of ether oxygens (including phenoxy) is 1. The van der Waals surface area contributed by atoms with Gasteiger partial charge in [-0.2, -0.15) is 0 Å². The van der Waals surface area contributed by atoms with Crippen molar-refractivity contribution in [2.75, 3.05) is 26.3 Å². The number of amides is 1. The molecule has 0 spiro atoms. The molecule has 2 aliphatic heterocycles. The number of hydrogen-bond acceptors (Lipinski definition) is 3. The van der Waals surface area contributed by atoms with Crippen molar-refractivity contribution in [3.63, 3.8) is 0 Å². The minimum absolute atomic E-state index is 0.0922. The Morgan fingerprint density at radius 2 is 2.40 bits per heavy atom. The summed E-state index contributed by atoms with van der Waals surface area (Å²) >= 11 is 0. The van der Waals surface area contributed by atoms with Crippen molar-refractivity contribution in [1.82, 2.24) is 4.90 Å². The van der Waals surface area contributed by atoms with Crippen LogP contribution in [-0.4, -0.2) is 43.2 Å². The van der Waals surface area contributed by atoms with Crippen LogP contribution in [0, 0.1) is 5.92 Å². The van der Waals surface area contributed by atoms with Gasteiger partial charge in [0.2, 0.25) is 5.91 Å². The van der Waals surface area contributed by atoms with Gasteiger partial charge in [-0.1, -0.05) is 0 Å². The van der Waals surface area contributed by atoms with Crippen molar-refractivity contribution in [2.24, 2.45) is 11.7 Å². The van der Waals surface area contributed by atoms with Gasteiger partial charge in [0, 0.05) is 38.1 Å². The van der Waals surface area contributed by atoms with E-state index in [-0.39, 0.29) is 11.9 Å². The number of rotatable bonds is 3. The van der Waals surface area contributed by atoms with E-state index in [0.29, 0.717) is 18.9 Å². The van der Waals surface area contributed by atoms with Gasteiger partial charge in [-0.3, -0.25) is 4.79 Å². The number of hydrogen-bond donors (Lipinski definition) is 1. The summed E-state index contributed by atoms with van der Waals surface area (Å²) in [6, 6.07) is 0.0922. The zero-order valence-electron chi connectivity index (χ0n) is 9.15. The highest BCUT2D eigenvalue weighted by Crippen LogP contribution is 2.18. The number of nitrogens with two attached hydrogens (primary N) is 1. The molecular formula is C11H20N2O2. The average Bonchev–Trinajstić information content (AvgIpc) is 2.74. The molecule has 2 unspecified atom stereocenters. The van der Waals surface area contributed by atoms with Crippen LogP contribution in [0.4, 0.5) is 0 Å². The van der Waals surface area contributed by atoms with Crippen LogP contribution in [-0.2, 0) is 9.53 Å². The highest BCUT2D eigenvalue weighted by Gasteiger charge is 2.27. The van der Waals surface area contributed by atoms with E-state index in [9.17, 15) is 4.79 Å². The van der Waals surface area contributed by atoms with Crippen molar-refractivity contribution in [2.45, 2.75) is 31.7 Å². The summed E-state index contributed by atoms with van der Waals surface area (Å²) in [5.41, 5.74) is 6.10. The van der Waals surface area contributed by atoms with Crippen LogP contribution in [0.1, 0.15) is 25.7 Å².